The van der Waals surface area contributed by atoms with Crippen molar-refractivity contribution < 1.29 is 23.4 Å². The first-order valence-corrected chi connectivity index (χ1v) is 6.13. The maximum atomic E-state index is 13.6. The zero-order chi connectivity index (χ0) is 15.4. The summed E-state index contributed by atoms with van der Waals surface area (Å²) in [4.78, 5) is 10.8. The first-order chi connectivity index (χ1) is 9.97. The Kier molecular flexibility index (Phi) is 4.37. The number of nitrogen functional groups attached to an aromatic ring is 1. The minimum atomic E-state index is -0.979. The van der Waals surface area contributed by atoms with Gasteiger partial charge in [0.25, 0.3) is 0 Å². The fraction of sp³-hybridized carbons (Fsp3) is 0.133. The van der Waals surface area contributed by atoms with Crippen molar-refractivity contribution in [1.82, 2.24) is 0 Å². The number of aliphatic carboxylic acids is 1. The van der Waals surface area contributed by atoms with Crippen LogP contribution < -0.4 is 10.5 Å². The molecular weight excluding hydrogens is 280 g/mol. The highest BCUT2D eigenvalue weighted by atomic mass is 19.1. The molecule has 6 heteroatoms. The minimum Gasteiger partial charge on any atom is -0.486 e. The third-order valence-electron chi connectivity index (χ3n) is 2.89. The number of rotatable bonds is 5. The van der Waals surface area contributed by atoms with E-state index in [1.165, 1.54) is 0 Å². The van der Waals surface area contributed by atoms with Gasteiger partial charge < -0.3 is 15.6 Å². The molecule has 2 aromatic rings. The standard InChI is InChI=1S/C15H13F2NO3/c16-11-7-14(12(17)6-13(11)18)21-8-10-4-2-1-3-9(10)5-15(19)20/h1-4,6-7H,5,8,18H2,(H,19,20). The molecule has 0 aliphatic carbocycles. The molecule has 0 atom stereocenters. The monoisotopic (exact) mass is 293 g/mol. The number of nitrogens with two attached hydrogens (primary N) is 1. The number of anilines is 1. The van der Waals surface area contributed by atoms with E-state index in [9.17, 15) is 13.6 Å². The number of hydrogen-bond donors (Lipinski definition) is 2. The summed E-state index contributed by atoms with van der Waals surface area (Å²) in [6.45, 7) is -0.0657. The number of carboxylic acid groups (broad SMARTS) is 1. The molecular formula is C15H13F2NO3. The Balaban J connectivity index is 2.17. The van der Waals surface area contributed by atoms with Gasteiger partial charge in [-0.2, -0.15) is 0 Å². The number of carbonyl (C=O) groups is 1. The molecule has 0 spiro atoms. The number of hydrogen-bond acceptors (Lipinski definition) is 3. The lowest BCUT2D eigenvalue weighted by molar-refractivity contribution is -0.136. The lowest BCUT2D eigenvalue weighted by Crippen LogP contribution is -2.06. The Bertz CT molecular complexity index is 674. The average molecular weight is 293 g/mol. The Morgan fingerprint density at radius 3 is 2.48 bits per heavy atom. The fourth-order valence-electron chi connectivity index (χ4n) is 1.84. The zero-order valence-electron chi connectivity index (χ0n) is 11.0. The minimum absolute atomic E-state index is 0.0657. The van der Waals surface area contributed by atoms with Gasteiger partial charge in [0.15, 0.2) is 11.6 Å². The van der Waals surface area contributed by atoms with Crippen molar-refractivity contribution in [1.29, 1.82) is 0 Å². The fourth-order valence-corrected chi connectivity index (χ4v) is 1.84. The molecule has 0 unspecified atom stereocenters. The molecule has 110 valence electrons. The first-order valence-electron chi connectivity index (χ1n) is 6.13. The van der Waals surface area contributed by atoms with Crippen LogP contribution in [0.2, 0.25) is 0 Å². The summed E-state index contributed by atoms with van der Waals surface area (Å²) in [5.74, 6) is -2.80. The number of carboxylic acids is 1. The van der Waals surface area contributed by atoms with Crippen molar-refractivity contribution >= 4 is 11.7 Å². The quantitative estimate of drug-likeness (QED) is 0.831. The molecule has 4 nitrogen and oxygen atoms in total. The van der Waals surface area contributed by atoms with E-state index in [-0.39, 0.29) is 24.5 Å². The molecule has 0 saturated carbocycles. The highest BCUT2D eigenvalue weighted by Gasteiger charge is 2.11. The van der Waals surface area contributed by atoms with Crippen LogP contribution in [0, 0.1) is 11.6 Å². The molecule has 0 heterocycles. The van der Waals surface area contributed by atoms with Crippen molar-refractivity contribution in [2.75, 3.05) is 5.73 Å². The molecule has 0 fully saturated rings. The second-order valence-electron chi connectivity index (χ2n) is 4.43. The van der Waals surface area contributed by atoms with Gasteiger partial charge in [-0.25, -0.2) is 8.78 Å². The highest BCUT2D eigenvalue weighted by Crippen LogP contribution is 2.24. The summed E-state index contributed by atoms with van der Waals surface area (Å²) in [6.07, 6.45) is -0.169. The van der Waals surface area contributed by atoms with Gasteiger partial charge in [-0.05, 0) is 11.1 Å². The van der Waals surface area contributed by atoms with E-state index in [1.54, 1.807) is 24.3 Å². The Labute approximate surface area is 119 Å². The second kappa shape index (κ2) is 6.21. The summed E-state index contributed by atoms with van der Waals surface area (Å²) in [6, 6.07) is 8.43. The molecule has 0 aliphatic rings. The van der Waals surface area contributed by atoms with E-state index >= 15 is 0 Å². The molecule has 3 N–H and O–H groups in total. The van der Waals surface area contributed by atoms with Crippen LogP contribution in [-0.2, 0) is 17.8 Å². The van der Waals surface area contributed by atoms with Crippen LogP contribution in [0.3, 0.4) is 0 Å². The average Bonchev–Trinajstić information content (AvgIpc) is 2.42. The number of halogens is 2. The van der Waals surface area contributed by atoms with Gasteiger partial charge in [-0.1, -0.05) is 24.3 Å². The second-order valence-corrected chi connectivity index (χ2v) is 4.43. The normalized spacial score (nSPS) is 10.4. The summed E-state index contributed by atoms with van der Waals surface area (Å²) >= 11 is 0. The van der Waals surface area contributed by atoms with E-state index in [0.717, 1.165) is 12.1 Å². The van der Waals surface area contributed by atoms with E-state index in [1.807, 2.05) is 0 Å². The first kappa shape index (κ1) is 14.8. The molecule has 0 amide bonds. The topological polar surface area (TPSA) is 72.5 Å². The van der Waals surface area contributed by atoms with Crippen LogP contribution in [0.15, 0.2) is 36.4 Å². The molecule has 0 radical (unpaired) electrons. The molecule has 0 saturated heterocycles. The zero-order valence-corrected chi connectivity index (χ0v) is 11.0. The third kappa shape index (κ3) is 3.68. The van der Waals surface area contributed by atoms with Crippen molar-refractivity contribution in [3.63, 3.8) is 0 Å². The largest absolute Gasteiger partial charge is 0.486 e. The molecule has 2 rings (SSSR count). The van der Waals surface area contributed by atoms with Crippen LogP contribution in [-0.4, -0.2) is 11.1 Å². The maximum Gasteiger partial charge on any atom is 0.307 e. The Hall–Kier alpha value is -2.63. The Morgan fingerprint density at radius 2 is 1.81 bits per heavy atom. The smallest absolute Gasteiger partial charge is 0.307 e. The molecule has 2 aromatic carbocycles. The van der Waals surface area contributed by atoms with Crippen LogP contribution in [0.4, 0.5) is 14.5 Å². The predicted molar refractivity (Wildman–Crippen MR) is 72.9 cm³/mol. The number of benzene rings is 2. The van der Waals surface area contributed by atoms with Gasteiger partial charge >= 0.3 is 5.97 Å². The maximum absolute atomic E-state index is 13.6. The van der Waals surface area contributed by atoms with Gasteiger partial charge in [-0.3, -0.25) is 4.79 Å². The van der Waals surface area contributed by atoms with Crippen LogP contribution >= 0.6 is 0 Å². The van der Waals surface area contributed by atoms with Gasteiger partial charge in [0.2, 0.25) is 0 Å². The number of ether oxygens (including phenoxy) is 1. The molecule has 0 aromatic heterocycles. The summed E-state index contributed by atoms with van der Waals surface area (Å²) < 4.78 is 32.1. The summed E-state index contributed by atoms with van der Waals surface area (Å²) in [7, 11) is 0. The van der Waals surface area contributed by atoms with Crippen molar-refractivity contribution in [2.45, 2.75) is 13.0 Å². The van der Waals surface area contributed by atoms with E-state index in [2.05, 4.69) is 0 Å². The molecule has 21 heavy (non-hydrogen) atoms. The lowest BCUT2D eigenvalue weighted by atomic mass is 10.1. The Morgan fingerprint density at radius 1 is 1.14 bits per heavy atom. The van der Waals surface area contributed by atoms with Gasteiger partial charge in [0.05, 0.1) is 12.1 Å². The van der Waals surface area contributed by atoms with E-state index < -0.39 is 17.6 Å². The van der Waals surface area contributed by atoms with Crippen molar-refractivity contribution in [2.24, 2.45) is 0 Å². The summed E-state index contributed by atoms with van der Waals surface area (Å²) in [5.41, 5.74) is 6.09. The molecule has 0 aliphatic heterocycles. The SMILES string of the molecule is Nc1cc(F)c(OCc2ccccc2CC(=O)O)cc1F. The third-order valence-corrected chi connectivity index (χ3v) is 2.89. The van der Waals surface area contributed by atoms with Crippen LogP contribution in [0.25, 0.3) is 0 Å². The van der Waals surface area contributed by atoms with Crippen molar-refractivity contribution in [3.8, 4) is 5.75 Å². The van der Waals surface area contributed by atoms with E-state index in [4.69, 9.17) is 15.6 Å². The van der Waals surface area contributed by atoms with Crippen molar-refractivity contribution in [3.05, 3.63) is 59.2 Å². The van der Waals surface area contributed by atoms with Crippen LogP contribution in [0.5, 0.6) is 5.75 Å². The van der Waals surface area contributed by atoms with E-state index in [0.29, 0.717) is 11.1 Å². The highest BCUT2D eigenvalue weighted by molar-refractivity contribution is 5.70. The summed E-state index contributed by atoms with van der Waals surface area (Å²) in [5, 5.41) is 8.82. The van der Waals surface area contributed by atoms with Crippen LogP contribution in [0.1, 0.15) is 11.1 Å². The van der Waals surface area contributed by atoms with Gasteiger partial charge in [0, 0.05) is 12.1 Å². The molecule has 0 bridgehead atoms. The lowest BCUT2D eigenvalue weighted by Gasteiger charge is -2.11. The van der Waals surface area contributed by atoms with Gasteiger partial charge in [-0.15, -0.1) is 0 Å². The van der Waals surface area contributed by atoms with Gasteiger partial charge in [0.1, 0.15) is 12.4 Å². The predicted octanol–water partition coefficient (Wildman–Crippen LogP) is 2.75.